The fourth-order valence-electron chi connectivity index (χ4n) is 3.30. The second-order valence-corrected chi connectivity index (χ2v) is 6.11. The molecule has 4 rings (SSSR count). The summed E-state index contributed by atoms with van der Waals surface area (Å²) in [6.07, 6.45) is 11.3. The molecule has 1 aliphatic rings. The number of pyridine rings is 1. The summed E-state index contributed by atoms with van der Waals surface area (Å²) in [5.41, 5.74) is 1.13. The van der Waals surface area contributed by atoms with Crippen molar-refractivity contribution in [3.05, 3.63) is 60.7 Å². The predicted molar refractivity (Wildman–Crippen MR) is 92.3 cm³/mol. The van der Waals surface area contributed by atoms with Crippen LogP contribution < -0.4 is 4.90 Å². The highest BCUT2D eigenvalue weighted by Gasteiger charge is 2.23. The lowest BCUT2D eigenvalue weighted by Gasteiger charge is -2.33. The lowest BCUT2D eigenvalue weighted by molar-refractivity contribution is 0.497. The molecule has 3 aromatic rings. The molecule has 1 atom stereocenters. The molecule has 1 saturated heterocycles. The van der Waals surface area contributed by atoms with E-state index in [9.17, 15) is 0 Å². The molecule has 1 aliphatic heterocycles. The number of anilines is 1. The highest BCUT2D eigenvalue weighted by Crippen LogP contribution is 2.28. The van der Waals surface area contributed by atoms with Crippen LogP contribution in [0.2, 0.25) is 0 Å². The number of aromatic nitrogens is 5. The van der Waals surface area contributed by atoms with Crippen molar-refractivity contribution in [2.45, 2.75) is 25.7 Å². The van der Waals surface area contributed by atoms with E-state index in [1.54, 1.807) is 18.6 Å². The number of nitrogens with zero attached hydrogens (tertiary/aromatic N) is 6. The number of hydrogen-bond donors (Lipinski definition) is 0. The second-order valence-electron chi connectivity index (χ2n) is 6.11. The van der Waals surface area contributed by atoms with Gasteiger partial charge in [0.25, 0.3) is 0 Å². The summed E-state index contributed by atoms with van der Waals surface area (Å²) in [7, 11) is 0. The maximum Gasteiger partial charge on any atom is 0.147 e. The highest BCUT2D eigenvalue weighted by atomic mass is 15.2. The zero-order chi connectivity index (χ0) is 16.4. The maximum atomic E-state index is 4.89. The zero-order valence-corrected chi connectivity index (χ0v) is 13.7. The average molecular weight is 320 g/mol. The van der Waals surface area contributed by atoms with E-state index in [0.29, 0.717) is 5.92 Å². The number of hydrogen-bond acceptors (Lipinski definition) is 5. The van der Waals surface area contributed by atoms with E-state index < -0.39 is 0 Å². The van der Waals surface area contributed by atoms with Gasteiger partial charge in [-0.25, -0.2) is 15.0 Å². The molecule has 6 nitrogen and oxygen atoms in total. The Morgan fingerprint density at radius 3 is 2.83 bits per heavy atom. The van der Waals surface area contributed by atoms with E-state index >= 15 is 0 Å². The largest absolute Gasteiger partial charge is 0.355 e. The summed E-state index contributed by atoms with van der Waals surface area (Å²) in [6.45, 7) is 3.94. The van der Waals surface area contributed by atoms with E-state index in [-0.39, 0.29) is 0 Å². The van der Waals surface area contributed by atoms with Crippen molar-refractivity contribution in [1.29, 1.82) is 0 Å². The van der Waals surface area contributed by atoms with Crippen molar-refractivity contribution in [1.82, 2.24) is 24.5 Å². The van der Waals surface area contributed by atoms with Crippen LogP contribution in [0.4, 0.5) is 5.82 Å². The van der Waals surface area contributed by atoms with Crippen LogP contribution in [0, 0.1) is 6.92 Å². The molecule has 0 bridgehead atoms. The Morgan fingerprint density at radius 2 is 2.04 bits per heavy atom. The normalized spacial score (nSPS) is 17.9. The Balaban J connectivity index is 1.58. The van der Waals surface area contributed by atoms with Gasteiger partial charge in [-0.1, -0.05) is 6.07 Å². The number of aryl methyl sites for hydroxylation is 1. The summed E-state index contributed by atoms with van der Waals surface area (Å²) >= 11 is 0. The van der Waals surface area contributed by atoms with E-state index in [1.165, 1.54) is 0 Å². The van der Waals surface area contributed by atoms with Crippen LogP contribution in [-0.2, 0) is 0 Å². The summed E-state index contributed by atoms with van der Waals surface area (Å²) in [5.74, 6) is 3.23. The predicted octanol–water partition coefficient (Wildman–Crippen LogP) is 2.75. The molecular formula is C18H20N6. The topological polar surface area (TPSA) is 59.7 Å². The van der Waals surface area contributed by atoms with E-state index in [1.807, 2.05) is 30.0 Å². The van der Waals surface area contributed by atoms with Gasteiger partial charge in [0.05, 0.1) is 6.20 Å². The molecule has 0 N–H and O–H groups in total. The molecule has 0 amide bonds. The Morgan fingerprint density at radius 1 is 1.08 bits per heavy atom. The van der Waals surface area contributed by atoms with Crippen LogP contribution >= 0.6 is 0 Å². The van der Waals surface area contributed by atoms with E-state index in [0.717, 1.165) is 49.1 Å². The third kappa shape index (κ3) is 2.87. The van der Waals surface area contributed by atoms with Crippen LogP contribution in [0.3, 0.4) is 0 Å². The van der Waals surface area contributed by atoms with Gasteiger partial charge in [0.15, 0.2) is 0 Å². The summed E-state index contributed by atoms with van der Waals surface area (Å²) in [5, 5.41) is 0. The highest BCUT2D eigenvalue weighted by molar-refractivity contribution is 5.37. The molecule has 6 heteroatoms. The van der Waals surface area contributed by atoms with Gasteiger partial charge in [0.1, 0.15) is 17.5 Å². The van der Waals surface area contributed by atoms with Crippen molar-refractivity contribution in [2.75, 3.05) is 18.0 Å². The molecule has 0 radical (unpaired) electrons. The Labute approximate surface area is 141 Å². The lowest BCUT2D eigenvalue weighted by atomic mass is 9.94. The number of rotatable bonds is 3. The molecule has 122 valence electrons. The van der Waals surface area contributed by atoms with Gasteiger partial charge >= 0.3 is 0 Å². The molecule has 24 heavy (non-hydrogen) atoms. The Hall–Kier alpha value is -2.76. The van der Waals surface area contributed by atoms with E-state index in [2.05, 4.69) is 32.0 Å². The Bertz CT molecular complexity index is 813. The fraction of sp³-hybridized carbons (Fsp3) is 0.333. The third-order valence-electron chi connectivity index (χ3n) is 4.54. The summed E-state index contributed by atoms with van der Waals surface area (Å²) in [6, 6.07) is 6.24. The van der Waals surface area contributed by atoms with Gasteiger partial charge in [-0.3, -0.25) is 9.55 Å². The molecular weight excluding hydrogens is 300 g/mol. The smallest absolute Gasteiger partial charge is 0.147 e. The zero-order valence-electron chi connectivity index (χ0n) is 13.7. The molecule has 0 aliphatic carbocycles. The van der Waals surface area contributed by atoms with Crippen LogP contribution in [-0.4, -0.2) is 37.6 Å². The van der Waals surface area contributed by atoms with Crippen LogP contribution in [0.25, 0.3) is 5.82 Å². The third-order valence-corrected chi connectivity index (χ3v) is 4.54. The fourth-order valence-corrected chi connectivity index (χ4v) is 3.30. The summed E-state index contributed by atoms with van der Waals surface area (Å²) in [4.78, 5) is 20.1. The van der Waals surface area contributed by atoms with Crippen molar-refractivity contribution in [3.63, 3.8) is 0 Å². The monoisotopic (exact) mass is 320 g/mol. The Kier molecular flexibility index (Phi) is 3.94. The van der Waals surface area contributed by atoms with E-state index in [4.69, 9.17) is 4.98 Å². The van der Waals surface area contributed by atoms with Crippen LogP contribution in [0.5, 0.6) is 0 Å². The second kappa shape index (κ2) is 6.39. The first-order chi connectivity index (χ1) is 11.8. The first kappa shape index (κ1) is 14.8. The molecule has 1 fully saturated rings. The minimum Gasteiger partial charge on any atom is -0.355 e. The lowest BCUT2D eigenvalue weighted by Crippen LogP contribution is -2.35. The molecule has 0 spiro atoms. The SMILES string of the molecule is Cc1nccn1-c1cccc([C@@H]2CCCN(c3cnccn3)C2)n1. The van der Waals surface area contributed by atoms with Crippen LogP contribution in [0.1, 0.15) is 30.3 Å². The minimum atomic E-state index is 0.407. The van der Waals surface area contributed by atoms with Gasteiger partial charge in [-0.05, 0) is 31.9 Å². The van der Waals surface area contributed by atoms with Crippen molar-refractivity contribution in [2.24, 2.45) is 0 Å². The van der Waals surface area contributed by atoms with Crippen LogP contribution in [0.15, 0.2) is 49.2 Å². The van der Waals surface area contributed by atoms with Gasteiger partial charge in [0, 0.05) is 49.5 Å². The van der Waals surface area contributed by atoms with Gasteiger partial charge in [-0.15, -0.1) is 0 Å². The summed E-state index contributed by atoms with van der Waals surface area (Å²) < 4.78 is 2.02. The standard InChI is InChI=1S/C18H20N6/c1-14-20-9-11-24(14)17-6-2-5-16(22-17)15-4-3-10-23(13-15)18-12-19-7-8-21-18/h2,5-9,11-12,15H,3-4,10,13H2,1H3/t15-/m1/s1. The maximum absolute atomic E-state index is 4.89. The van der Waals surface area contributed by atoms with Gasteiger partial charge in [0.2, 0.25) is 0 Å². The first-order valence-electron chi connectivity index (χ1n) is 8.29. The first-order valence-corrected chi connectivity index (χ1v) is 8.29. The molecule has 0 saturated carbocycles. The number of piperidine rings is 1. The number of imidazole rings is 1. The van der Waals surface area contributed by atoms with Crippen molar-refractivity contribution < 1.29 is 0 Å². The quantitative estimate of drug-likeness (QED) is 0.742. The van der Waals surface area contributed by atoms with Gasteiger partial charge < -0.3 is 4.90 Å². The minimum absolute atomic E-state index is 0.407. The molecule has 3 aromatic heterocycles. The van der Waals surface area contributed by atoms with Gasteiger partial charge in [-0.2, -0.15) is 0 Å². The molecule has 0 unspecified atom stereocenters. The molecule has 4 heterocycles. The van der Waals surface area contributed by atoms with Crippen molar-refractivity contribution >= 4 is 5.82 Å². The molecule has 0 aromatic carbocycles. The van der Waals surface area contributed by atoms with Crippen molar-refractivity contribution in [3.8, 4) is 5.82 Å². The average Bonchev–Trinajstić information content (AvgIpc) is 3.09.